The molecule has 1 aliphatic rings. The molecule has 6 nitrogen and oxygen atoms in total. The number of amides is 2. The van der Waals surface area contributed by atoms with E-state index in [4.69, 9.17) is 4.74 Å². The highest BCUT2D eigenvalue weighted by Gasteiger charge is 2.34. The number of halogens is 1. The van der Waals surface area contributed by atoms with Crippen LogP contribution in [0.2, 0.25) is 0 Å². The van der Waals surface area contributed by atoms with Gasteiger partial charge in [-0.25, -0.2) is 4.39 Å². The second-order valence-electron chi connectivity index (χ2n) is 7.43. The number of aromatic nitrogens is 1. The lowest BCUT2D eigenvalue weighted by molar-refractivity contribution is -0.129. The fourth-order valence-electron chi connectivity index (χ4n) is 3.51. The molecule has 158 valence electrons. The smallest absolute Gasteiger partial charge is 0.225 e. The van der Waals surface area contributed by atoms with Crippen molar-refractivity contribution in [2.45, 2.75) is 19.5 Å². The van der Waals surface area contributed by atoms with E-state index in [2.05, 4.69) is 10.3 Å². The predicted octanol–water partition coefficient (Wildman–Crippen LogP) is 3.68. The van der Waals surface area contributed by atoms with Gasteiger partial charge < -0.3 is 15.0 Å². The third-order valence-electron chi connectivity index (χ3n) is 5.13. The van der Waals surface area contributed by atoms with Crippen LogP contribution in [0, 0.1) is 11.7 Å². The van der Waals surface area contributed by atoms with Gasteiger partial charge in [0, 0.05) is 32.3 Å². The number of hydrogen-bond donors (Lipinski definition) is 1. The molecule has 0 aliphatic carbocycles. The molecule has 1 atom stereocenters. The Bertz CT molecular complexity index is 1060. The van der Waals surface area contributed by atoms with Crippen molar-refractivity contribution in [2.75, 3.05) is 6.54 Å². The summed E-state index contributed by atoms with van der Waals surface area (Å²) in [4.78, 5) is 30.4. The van der Waals surface area contributed by atoms with Crippen LogP contribution in [0.25, 0.3) is 0 Å². The van der Waals surface area contributed by atoms with Gasteiger partial charge in [-0.05, 0) is 35.4 Å². The summed E-state index contributed by atoms with van der Waals surface area (Å²) < 4.78 is 19.8. The van der Waals surface area contributed by atoms with Crippen LogP contribution in [-0.4, -0.2) is 28.2 Å². The Morgan fingerprint density at radius 2 is 1.97 bits per heavy atom. The van der Waals surface area contributed by atoms with E-state index in [-0.39, 0.29) is 30.5 Å². The minimum atomic E-state index is -0.527. The van der Waals surface area contributed by atoms with Crippen LogP contribution in [0.15, 0.2) is 73.1 Å². The zero-order valence-electron chi connectivity index (χ0n) is 16.8. The first-order chi connectivity index (χ1) is 15.1. The van der Waals surface area contributed by atoms with Gasteiger partial charge in [0.1, 0.15) is 5.75 Å². The van der Waals surface area contributed by atoms with Gasteiger partial charge in [0.2, 0.25) is 11.8 Å². The van der Waals surface area contributed by atoms with Crippen molar-refractivity contribution in [2.24, 2.45) is 5.92 Å². The van der Waals surface area contributed by atoms with Crippen molar-refractivity contribution in [1.29, 1.82) is 0 Å². The van der Waals surface area contributed by atoms with Gasteiger partial charge in [-0.2, -0.15) is 0 Å². The SMILES string of the molecule is O=C(NCc1ccc(Oc2cccnc2)c(F)c1)C1CC(=O)N(Cc2ccccc2)C1. The number of nitrogens with one attached hydrogen (secondary N) is 1. The highest BCUT2D eigenvalue weighted by atomic mass is 19.1. The topological polar surface area (TPSA) is 71.5 Å². The van der Waals surface area contributed by atoms with E-state index >= 15 is 0 Å². The van der Waals surface area contributed by atoms with Crippen molar-refractivity contribution in [3.8, 4) is 11.5 Å². The zero-order chi connectivity index (χ0) is 21.6. The number of ether oxygens (including phenoxy) is 1. The number of pyridine rings is 1. The van der Waals surface area contributed by atoms with Crippen molar-refractivity contribution in [3.05, 3.63) is 90.0 Å². The molecule has 1 N–H and O–H groups in total. The van der Waals surface area contributed by atoms with Crippen molar-refractivity contribution in [1.82, 2.24) is 15.2 Å². The first-order valence-electron chi connectivity index (χ1n) is 10.0. The van der Waals surface area contributed by atoms with Crippen LogP contribution < -0.4 is 10.1 Å². The Kier molecular flexibility index (Phi) is 6.21. The Labute approximate surface area is 179 Å². The molecule has 2 heterocycles. The second kappa shape index (κ2) is 9.38. The lowest BCUT2D eigenvalue weighted by Crippen LogP contribution is -2.32. The molecule has 0 saturated carbocycles. The first kappa shape index (κ1) is 20.5. The zero-order valence-corrected chi connectivity index (χ0v) is 16.8. The average Bonchev–Trinajstić information content (AvgIpc) is 3.15. The summed E-state index contributed by atoms with van der Waals surface area (Å²) in [7, 11) is 0. The van der Waals surface area contributed by atoms with E-state index in [1.165, 1.54) is 18.3 Å². The normalized spacial score (nSPS) is 15.7. The average molecular weight is 419 g/mol. The summed E-state index contributed by atoms with van der Waals surface area (Å²) in [5.74, 6) is -0.656. The Morgan fingerprint density at radius 1 is 1.13 bits per heavy atom. The predicted molar refractivity (Wildman–Crippen MR) is 113 cm³/mol. The number of hydrogen-bond acceptors (Lipinski definition) is 4. The van der Waals surface area contributed by atoms with E-state index in [1.54, 1.807) is 29.3 Å². The minimum Gasteiger partial charge on any atom is -0.453 e. The molecule has 1 unspecified atom stereocenters. The van der Waals surface area contributed by atoms with E-state index in [9.17, 15) is 14.0 Å². The molecule has 1 saturated heterocycles. The van der Waals surface area contributed by atoms with Crippen LogP contribution in [0.3, 0.4) is 0 Å². The van der Waals surface area contributed by atoms with Crippen molar-refractivity contribution < 1.29 is 18.7 Å². The quantitative estimate of drug-likeness (QED) is 0.634. The van der Waals surface area contributed by atoms with E-state index in [1.807, 2.05) is 30.3 Å². The maximum atomic E-state index is 14.4. The fraction of sp³-hybridized carbons (Fsp3) is 0.208. The van der Waals surface area contributed by atoms with Gasteiger partial charge >= 0.3 is 0 Å². The molecule has 2 aromatic carbocycles. The molecule has 2 amide bonds. The summed E-state index contributed by atoms with van der Waals surface area (Å²) in [6, 6.07) is 17.6. The van der Waals surface area contributed by atoms with E-state index in [0.29, 0.717) is 24.4 Å². The number of rotatable bonds is 7. The summed E-state index contributed by atoms with van der Waals surface area (Å²) in [6.07, 6.45) is 3.29. The van der Waals surface area contributed by atoms with Crippen LogP contribution >= 0.6 is 0 Å². The Hall–Kier alpha value is -3.74. The van der Waals surface area contributed by atoms with Gasteiger partial charge in [0.25, 0.3) is 0 Å². The third kappa shape index (κ3) is 5.25. The van der Waals surface area contributed by atoms with Gasteiger partial charge in [-0.3, -0.25) is 14.6 Å². The van der Waals surface area contributed by atoms with Crippen molar-refractivity contribution >= 4 is 11.8 Å². The maximum absolute atomic E-state index is 14.4. The van der Waals surface area contributed by atoms with Gasteiger partial charge in [-0.1, -0.05) is 36.4 Å². The number of carbonyl (C=O) groups is 2. The Morgan fingerprint density at radius 3 is 2.71 bits per heavy atom. The molecule has 4 rings (SSSR count). The van der Waals surface area contributed by atoms with Crippen LogP contribution in [0.1, 0.15) is 17.5 Å². The molecule has 0 radical (unpaired) electrons. The standard InChI is InChI=1S/C24H22FN3O3/c25-21-11-18(8-9-22(21)31-20-7-4-10-26-14-20)13-27-24(30)19-12-23(29)28(16-19)15-17-5-2-1-3-6-17/h1-11,14,19H,12-13,15-16H2,(H,27,30). The highest BCUT2D eigenvalue weighted by Crippen LogP contribution is 2.25. The van der Waals surface area contributed by atoms with E-state index < -0.39 is 11.7 Å². The second-order valence-corrected chi connectivity index (χ2v) is 7.43. The summed E-state index contributed by atoms with van der Waals surface area (Å²) >= 11 is 0. The molecule has 1 aromatic heterocycles. The molecule has 0 bridgehead atoms. The van der Waals surface area contributed by atoms with Gasteiger partial charge in [0.05, 0.1) is 12.1 Å². The van der Waals surface area contributed by atoms with Crippen LogP contribution in [-0.2, 0) is 22.7 Å². The number of likely N-dealkylation sites (tertiary alicyclic amines) is 1. The molecular formula is C24H22FN3O3. The van der Waals surface area contributed by atoms with Crippen LogP contribution in [0.4, 0.5) is 4.39 Å². The summed E-state index contributed by atoms with van der Waals surface area (Å²) in [5.41, 5.74) is 1.64. The highest BCUT2D eigenvalue weighted by molar-refractivity contribution is 5.89. The molecule has 1 aliphatic heterocycles. The minimum absolute atomic E-state index is 0.0352. The largest absolute Gasteiger partial charge is 0.453 e. The van der Waals surface area contributed by atoms with Gasteiger partial charge in [0.15, 0.2) is 11.6 Å². The summed E-state index contributed by atoms with van der Waals surface area (Å²) in [5, 5.41) is 2.81. The fourth-order valence-corrected chi connectivity index (χ4v) is 3.51. The number of benzene rings is 2. The van der Waals surface area contributed by atoms with Crippen LogP contribution in [0.5, 0.6) is 11.5 Å². The maximum Gasteiger partial charge on any atom is 0.225 e. The summed E-state index contributed by atoms with van der Waals surface area (Å²) in [6.45, 7) is 1.05. The lowest BCUT2D eigenvalue weighted by Gasteiger charge is -2.16. The van der Waals surface area contributed by atoms with E-state index in [0.717, 1.165) is 5.56 Å². The first-order valence-corrected chi connectivity index (χ1v) is 10.0. The molecular weight excluding hydrogens is 397 g/mol. The van der Waals surface area contributed by atoms with Gasteiger partial charge in [-0.15, -0.1) is 0 Å². The number of nitrogens with zero attached hydrogens (tertiary/aromatic N) is 2. The molecule has 1 fully saturated rings. The van der Waals surface area contributed by atoms with Crippen molar-refractivity contribution in [3.63, 3.8) is 0 Å². The molecule has 7 heteroatoms. The molecule has 31 heavy (non-hydrogen) atoms. The number of carbonyl (C=O) groups excluding carboxylic acids is 2. The monoisotopic (exact) mass is 419 g/mol. The molecule has 0 spiro atoms. The Balaban J connectivity index is 1.30. The lowest BCUT2D eigenvalue weighted by atomic mass is 10.1. The molecule has 3 aromatic rings. The third-order valence-corrected chi connectivity index (χ3v) is 5.13.